The van der Waals surface area contributed by atoms with Crippen molar-refractivity contribution in [1.82, 2.24) is 10.3 Å². The van der Waals surface area contributed by atoms with E-state index in [1.807, 2.05) is 26.8 Å². The molecule has 0 aromatic carbocycles. The number of hydrogen-bond acceptors (Lipinski definition) is 3. The van der Waals surface area contributed by atoms with Crippen LogP contribution in [-0.2, 0) is 4.79 Å². The molecule has 1 aromatic rings. The van der Waals surface area contributed by atoms with E-state index in [-0.39, 0.29) is 11.4 Å². The van der Waals surface area contributed by atoms with E-state index in [0.29, 0.717) is 5.69 Å². The van der Waals surface area contributed by atoms with Crippen LogP contribution in [0.3, 0.4) is 0 Å². The monoisotopic (exact) mass is 217 g/mol. The second-order valence-corrected chi connectivity index (χ2v) is 4.56. The van der Waals surface area contributed by atoms with Gasteiger partial charge in [0.25, 0.3) is 0 Å². The number of carbonyl (C=O) groups excluding carboxylic acids is 1. The van der Waals surface area contributed by atoms with Gasteiger partial charge in [0.1, 0.15) is 0 Å². The molecule has 1 heterocycles. The molecule has 1 N–H and O–H groups in total. The zero-order valence-electron chi connectivity index (χ0n) is 9.69. The maximum atomic E-state index is 11.8. The molecule has 0 spiro atoms. The van der Waals surface area contributed by atoms with Crippen LogP contribution < -0.4 is 5.32 Å². The molecular formula is C12H15N3O. The Bertz CT molecular complexity index is 401. The van der Waals surface area contributed by atoms with Gasteiger partial charge in [0, 0.05) is 11.7 Å². The molecule has 84 valence electrons. The van der Waals surface area contributed by atoms with Gasteiger partial charge in [-0.25, -0.2) is 0 Å². The summed E-state index contributed by atoms with van der Waals surface area (Å²) in [6, 6.07) is 7.15. The van der Waals surface area contributed by atoms with Crippen LogP contribution in [0.2, 0.25) is 0 Å². The minimum Gasteiger partial charge on any atom is -0.350 e. The summed E-state index contributed by atoms with van der Waals surface area (Å²) < 4.78 is 0. The van der Waals surface area contributed by atoms with E-state index >= 15 is 0 Å². The summed E-state index contributed by atoms with van der Waals surface area (Å²) >= 11 is 0. The van der Waals surface area contributed by atoms with Crippen molar-refractivity contribution in [3.05, 3.63) is 30.1 Å². The number of amides is 1. The SMILES string of the molecule is CC(C)(C)NC(=O)[C@H](C#N)c1ccccn1. The molecule has 16 heavy (non-hydrogen) atoms. The van der Waals surface area contributed by atoms with Crippen LogP contribution in [0.1, 0.15) is 32.4 Å². The second-order valence-electron chi connectivity index (χ2n) is 4.56. The Kier molecular flexibility index (Phi) is 3.62. The fourth-order valence-corrected chi connectivity index (χ4v) is 1.25. The second kappa shape index (κ2) is 4.75. The standard InChI is InChI=1S/C12H15N3O/c1-12(2,3)15-11(16)9(8-13)10-6-4-5-7-14-10/h4-7,9H,1-3H3,(H,15,16)/t9-/m1/s1. The summed E-state index contributed by atoms with van der Waals surface area (Å²) in [6.45, 7) is 5.62. The van der Waals surface area contributed by atoms with Crippen LogP contribution >= 0.6 is 0 Å². The Balaban J connectivity index is 2.85. The molecule has 4 heteroatoms. The maximum Gasteiger partial charge on any atom is 0.243 e. The topological polar surface area (TPSA) is 65.8 Å². The smallest absolute Gasteiger partial charge is 0.243 e. The van der Waals surface area contributed by atoms with Crippen molar-refractivity contribution in [3.8, 4) is 6.07 Å². The van der Waals surface area contributed by atoms with E-state index in [9.17, 15) is 4.79 Å². The Morgan fingerprint density at radius 3 is 2.62 bits per heavy atom. The van der Waals surface area contributed by atoms with Gasteiger partial charge in [0.05, 0.1) is 11.8 Å². The summed E-state index contributed by atoms with van der Waals surface area (Å²) in [5.74, 6) is -1.16. The largest absolute Gasteiger partial charge is 0.350 e. The highest BCUT2D eigenvalue weighted by Gasteiger charge is 2.24. The quantitative estimate of drug-likeness (QED) is 0.818. The molecule has 0 saturated heterocycles. The fraction of sp³-hybridized carbons (Fsp3) is 0.417. The lowest BCUT2D eigenvalue weighted by atomic mass is 10.0. The molecule has 0 unspecified atom stereocenters. The number of aromatic nitrogens is 1. The zero-order valence-corrected chi connectivity index (χ0v) is 9.69. The minimum atomic E-state index is -0.847. The predicted octanol–water partition coefficient (Wildman–Crippen LogP) is 1.60. The minimum absolute atomic E-state index is 0.311. The average molecular weight is 217 g/mol. The average Bonchev–Trinajstić information content (AvgIpc) is 2.17. The number of hydrogen-bond donors (Lipinski definition) is 1. The highest BCUT2D eigenvalue weighted by Crippen LogP contribution is 2.13. The first-order valence-electron chi connectivity index (χ1n) is 5.06. The lowest BCUT2D eigenvalue weighted by Crippen LogP contribution is -2.43. The third kappa shape index (κ3) is 3.35. The number of nitriles is 1. The van der Waals surface area contributed by atoms with E-state index < -0.39 is 5.92 Å². The van der Waals surface area contributed by atoms with Crippen molar-refractivity contribution in [2.24, 2.45) is 0 Å². The van der Waals surface area contributed by atoms with Gasteiger partial charge in [-0.05, 0) is 32.9 Å². The van der Waals surface area contributed by atoms with E-state index in [1.54, 1.807) is 24.4 Å². The van der Waals surface area contributed by atoms with Gasteiger partial charge in [-0.3, -0.25) is 9.78 Å². The lowest BCUT2D eigenvalue weighted by Gasteiger charge is -2.22. The molecule has 4 nitrogen and oxygen atoms in total. The van der Waals surface area contributed by atoms with Gasteiger partial charge in [-0.15, -0.1) is 0 Å². The number of nitrogens with zero attached hydrogens (tertiary/aromatic N) is 2. The Morgan fingerprint density at radius 2 is 2.19 bits per heavy atom. The van der Waals surface area contributed by atoms with E-state index in [1.165, 1.54) is 0 Å². The third-order valence-electron chi connectivity index (χ3n) is 1.87. The number of carbonyl (C=O) groups is 1. The molecule has 0 radical (unpaired) electrons. The fourth-order valence-electron chi connectivity index (χ4n) is 1.25. The van der Waals surface area contributed by atoms with Crippen molar-refractivity contribution in [2.45, 2.75) is 32.2 Å². The summed E-state index contributed by atoms with van der Waals surface area (Å²) in [5, 5.41) is 11.8. The van der Waals surface area contributed by atoms with Crippen LogP contribution in [0.4, 0.5) is 0 Å². The van der Waals surface area contributed by atoms with Gasteiger partial charge in [0.2, 0.25) is 5.91 Å². The first-order chi connectivity index (χ1) is 7.44. The van der Waals surface area contributed by atoms with Crippen molar-refractivity contribution in [2.75, 3.05) is 0 Å². The highest BCUT2D eigenvalue weighted by atomic mass is 16.2. The molecule has 1 rings (SSSR count). The summed E-state index contributed by atoms with van der Waals surface area (Å²) in [4.78, 5) is 15.8. The Labute approximate surface area is 95.3 Å². The van der Waals surface area contributed by atoms with Crippen LogP contribution in [0.5, 0.6) is 0 Å². The number of nitrogens with one attached hydrogen (secondary N) is 1. The molecule has 0 aliphatic heterocycles. The summed E-state index contributed by atoms with van der Waals surface area (Å²) in [6.07, 6.45) is 1.57. The van der Waals surface area contributed by atoms with Gasteiger partial charge in [0.15, 0.2) is 5.92 Å². The molecule has 0 saturated carbocycles. The van der Waals surface area contributed by atoms with Gasteiger partial charge >= 0.3 is 0 Å². The summed E-state index contributed by atoms with van der Waals surface area (Å²) in [7, 11) is 0. The number of rotatable bonds is 2. The first kappa shape index (κ1) is 12.2. The van der Waals surface area contributed by atoms with Crippen molar-refractivity contribution < 1.29 is 4.79 Å². The van der Waals surface area contributed by atoms with E-state index in [0.717, 1.165) is 0 Å². The van der Waals surface area contributed by atoms with Crippen LogP contribution in [0.15, 0.2) is 24.4 Å². The first-order valence-corrected chi connectivity index (χ1v) is 5.06. The van der Waals surface area contributed by atoms with Gasteiger partial charge < -0.3 is 5.32 Å². The van der Waals surface area contributed by atoms with Crippen LogP contribution in [0.25, 0.3) is 0 Å². The van der Waals surface area contributed by atoms with Gasteiger partial charge in [-0.2, -0.15) is 5.26 Å². The zero-order chi connectivity index (χ0) is 12.2. The molecule has 0 aliphatic rings. The molecule has 0 bridgehead atoms. The van der Waals surface area contributed by atoms with Crippen molar-refractivity contribution in [1.29, 1.82) is 5.26 Å². The van der Waals surface area contributed by atoms with Crippen LogP contribution in [0, 0.1) is 11.3 Å². The third-order valence-corrected chi connectivity index (χ3v) is 1.87. The number of pyridine rings is 1. The molecule has 1 amide bonds. The summed E-state index contributed by atoms with van der Waals surface area (Å²) in [5.41, 5.74) is 0.132. The lowest BCUT2D eigenvalue weighted by molar-refractivity contribution is -0.122. The maximum absolute atomic E-state index is 11.8. The van der Waals surface area contributed by atoms with Crippen LogP contribution in [-0.4, -0.2) is 16.4 Å². The molecular weight excluding hydrogens is 202 g/mol. The molecule has 0 aliphatic carbocycles. The highest BCUT2D eigenvalue weighted by molar-refractivity contribution is 5.86. The predicted molar refractivity (Wildman–Crippen MR) is 60.5 cm³/mol. The van der Waals surface area contributed by atoms with E-state index in [2.05, 4.69) is 10.3 Å². The molecule has 0 fully saturated rings. The molecule has 1 atom stereocenters. The van der Waals surface area contributed by atoms with Gasteiger partial charge in [-0.1, -0.05) is 6.07 Å². The van der Waals surface area contributed by atoms with Crippen molar-refractivity contribution >= 4 is 5.91 Å². The van der Waals surface area contributed by atoms with E-state index in [4.69, 9.17) is 5.26 Å². The Hall–Kier alpha value is -1.89. The Morgan fingerprint density at radius 1 is 1.50 bits per heavy atom. The van der Waals surface area contributed by atoms with Crippen molar-refractivity contribution in [3.63, 3.8) is 0 Å². The normalized spacial score (nSPS) is 12.6. The molecule has 1 aromatic heterocycles.